The van der Waals surface area contributed by atoms with Gasteiger partial charge in [0.1, 0.15) is 5.82 Å². The van der Waals surface area contributed by atoms with E-state index in [0.29, 0.717) is 19.4 Å². The van der Waals surface area contributed by atoms with E-state index in [4.69, 9.17) is 4.74 Å². The first kappa shape index (κ1) is 15.5. The molecule has 3 N–H and O–H groups in total. The highest BCUT2D eigenvalue weighted by Gasteiger charge is 2.09. The molecule has 0 spiro atoms. The standard InChI is InChI=1S/C14H19N3O3S/c1-9(7-10-3-4-11(18)12(19)8-10)15-14-16-13(17-21-14)5-6-20-2/h3-4,8-9,18-19H,5-7H2,1-2H3,(H,15,16,17). The van der Waals surface area contributed by atoms with Gasteiger partial charge >= 0.3 is 0 Å². The minimum atomic E-state index is -0.105. The Balaban J connectivity index is 1.90. The topological polar surface area (TPSA) is 87.5 Å². The van der Waals surface area contributed by atoms with E-state index in [0.717, 1.165) is 16.5 Å². The minimum Gasteiger partial charge on any atom is -0.504 e. The third-order valence-electron chi connectivity index (χ3n) is 2.95. The van der Waals surface area contributed by atoms with Crippen molar-refractivity contribution in [3.05, 3.63) is 29.6 Å². The smallest absolute Gasteiger partial charge is 0.202 e. The predicted molar refractivity (Wildman–Crippen MR) is 82.0 cm³/mol. The first-order chi connectivity index (χ1) is 10.1. The summed E-state index contributed by atoms with van der Waals surface area (Å²) < 4.78 is 9.25. The lowest BCUT2D eigenvalue weighted by molar-refractivity contribution is 0.201. The zero-order chi connectivity index (χ0) is 15.2. The lowest BCUT2D eigenvalue weighted by atomic mass is 10.1. The van der Waals surface area contributed by atoms with Crippen LogP contribution >= 0.6 is 11.5 Å². The number of phenols is 2. The summed E-state index contributed by atoms with van der Waals surface area (Å²) in [6, 6.07) is 4.98. The molecular weight excluding hydrogens is 290 g/mol. The summed E-state index contributed by atoms with van der Waals surface area (Å²) in [6.45, 7) is 2.64. The highest BCUT2D eigenvalue weighted by Crippen LogP contribution is 2.25. The number of ether oxygens (including phenoxy) is 1. The number of hydrogen-bond donors (Lipinski definition) is 3. The van der Waals surface area contributed by atoms with Crippen LogP contribution in [0.5, 0.6) is 11.5 Å². The number of hydrogen-bond acceptors (Lipinski definition) is 7. The zero-order valence-corrected chi connectivity index (χ0v) is 12.9. The molecule has 2 rings (SSSR count). The Morgan fingerprint density at radius 1 is 1.33 bits per heavy atom. The number of rotatable bonds is 7. The van der Waals surface area contributed by atoms with Gasteiger partial charge in [0, 0.05) is 31.1 Å². The predicted octanol–water partition coefficient (Wildman–Crippen LogP) is 2.18. The van der Waals surface area contributed by atoms with Gasteiger partial charge in [-0.2, -0.15) is 4.37 Å². The fourth-order valence-electron chi connectivity index (χ4n) is 1.92. The van der Waals surface area contributed by atoms with Crippen LogP contribution in [0.2, 0.25) is 0 Å². The summed E-state index contributed by atoms with van der Waals surface area (Å²) in [5, 5.41) is 22.8. The van der Waals surface area contributed by atoms with Gasteiger partial charge in [0.2, 0.25) is 5.13 Å². The van der Waals surface area contributed by atoms with E-state index in [9.17, 15) is 10.2 Å². The molecule has 0 bridgehead atoms. The number of nitrogens with one attached hydrogen (secondary N) is 1. The van der Waals surface area contributed by atoms with Crippen molar-refractivity contribution in [1.82, 2.24) is 9.36 Å². The Bertz CT molecular complexity index is 589. The lowest BCUT2D eigenvalue weighted by Crippen LogP contribution is -2.17. The summed E-state index contributed by atoms with van der Waals surface area (Å²) in [5.41, 5.74) is 0.939. The van der Waals surface area contributed by atoms with Crippen molar-refractivity contribution in [2.24, 2.45) is 0 Å². The SMILES string of the molecule is COCCc1nsc(NC(C)Cc2ccc(O)c(O)c2)n1. The van der Waals surface area contributed by atoms with Crippen LogP contribution in [0.3, 0.4) is 0 Å². The Hall–Kier alpha value is -1.86. The first-order valence-electron chi connectivity index (χ1n) is 6.67. The molecule has 1 heterocycles. The summed E-state index contributed by atoms with van der Waals surface area (Å²) >= 11 is 1.33. The number of benzene rings is 1. The van der Waals surface area contributed by atoms with Gasteiger partial charge in [-0.05, 0) is 31.0 Å². The van der Waals surface area contributed by atoms with Gasteiger partial charge in [0.05, 0.1) is 6.61 Å². The van der Waals surface area contributed by atoms with Gasteiger partial charge in [-0.25, -0.2) is 4.98 Å². The zero-order valence-electron chi connectivity index (χ0n) is 12.0. The minimum absolute atomic E-state index is 0.0996. The van der Waals surface area contributed by atoms with Crippen LogP contribution in [0.1, 0.15) is 18.3 Å². The highest BCUT2D eigenvalue weighted by molar-refractivity contribution is 7.09. The summed E-state index contributed by atoms with van der Waals surface area (Å²) in [7, 11) is 1.65. The molecular formula is C14H19N3O3S. The molecule has 1 aromatic heterocycles. The molecule has 0 amide bonds. The number of aromatic nitrogens is 2. The van der Waals surface area contributed by atoms with Crippen molar-refractivity contribution in [2.45, 2.75) is 25.8 Å². The maximum Gasteiger partial charge on any atom is 0.202 e. The van der Waals surface area contributed by atoms with Crippen LogP contribution in [0, 0.1) is 0 Å². The molecule has 0 saturated heterocycles. The van der Waals surface area contributed by atoms with Crippen LogP contribution < -0.4 is 5.32 Å². The van der Waals surface area contributed by atoms with Gasteiger partial charge < -0.3 is 20.3 Å². The van der Waals surface area contributed by atoms with Gasteiger partial charge in [-0.1, -0.05) is 6.07 Å². The molecule has 0 fully saturated rings. The summed E-state index contributed by atoms with van der Waals surface area (Å²) in [5.74, 6) is 0.572. The average Bonchev–Trinajstić information content (AvgIpc) is 2.88. The third-order valence-corrected chi connectivity index (χ3v) is 3.63. The molecule has 1 unspecified atom stereocenters. The molecule has 0 aliphatic heterocycles. The Morgan fingerprint density at radius 3 is 2.86 bits per heavy atom. The van der Waals surface area contributed by atoms with Crippen molar-refractivity contribution in [3.63, 3.8) is 0 Å². The molecule has 0 aliphatic carbocycles. The molecule has 0 aliphatic rings. The highest BCUT2D eigenvalue weighted by atomic mass is 32.1. The molecule has 7 heteroatoms. The maximum atomic E-state index is 9.49. The van der Waals surface area contributed by atoms with E-state index < -0.39 is 0 Å². The second-order valence-electron chi connectivity index (χ2n) is 4.83. The molecule has 2 aromatic rings. The van der Waals surface area contributed by atoms with Crippen molar-refractivity contribution in [2.75, 3.05) is 19.0 Å². The Morgan fingerprint density at radius 2 is 2.14 bits per heavy atom. The fraction of sp³-hybridized carbons (Fsp3) is 0.429. The van der Waals surface area contributed by atoms with Crippen LogP contribution in [0.25, 0.3) is 0 Å². The van der Waals surface area contributed by atoms with Gasteiger partial charge in [0.25, 0.3) is 0 Å². The second kappa shape index (κ2) is 7.24. The summed E-state index contributed by atoms with van der Waals surface area (Å²) in [6.07, 6.45) is 1.41. The quantitative estimate of drug-likeness (QED) is 0.680. The van der Waals surface area contributed by atoms with E-state index in [1.807, 2.05) is 6.92 Å². The Labute approximate surface area is 127 Å². The third kappa shape index (κ3) is 4.57. The maximum absolute atomic E-state index is 9.49. The lowest BCUT2D eigenvalue weighted by Gasteiger charge is -2.12. The van der Waals surface area contributed by atoms with E-state index in [1.165, 1.54) is 17.6 Å². The van der Waals surface area contributed by atoms with E-state index >= 15 is 0 Å². The van der Waals surface area contributed by atoms with Crippen LogP contribution in [0.15, 0.2) is 18.2 Å². The first-order valence-corrected chi connectivity index (χ1v) is 7.44. The molecule has 114 valence electrons. The largest absolute Gasteiger partial charge is 0.504 e. The number of nitrogens with zero attached hydrogens (tertiary/aromatic N) is 2. The summed E-state index contributed by atoms with van der Waals surface area (Å²) in [4.78, 5) is 4.39. The number of anilines is 1. The normalized spacial score (nSPS) is 12.3. The van der Waals surface area contributed by atoms with E-state index in [-0.39, 0.29) is 17.5 Å². The van der Waals surface area contributed by atoms with E-state index in [2.05, 4.69) is 14.7 Å². The molecule has 21 heavy (non-hydrogen) atoms. The average molecular weight is 309 g/mol. The van der Waals surface area contributed by atoms with Crippen LogP contribution in [-0.2, 0) is 17.6 Å². The van der Waals surface area contributed by atoms with Gasteiger partial charge in [-0.3, -0.25) is 0 Å². The Kier molecular flexibility index (Phi) is 5.35. The molecule has 0 saturated carbocycles. The second-order valence-corrected chi connectivity index (χ2v) is 5.58. The fourth-order valence-corrected chi connectivity index (χ4v) is 2.64. The number of methoxy groups -OCH3 is 1. The number of phenolic OH excluding ortho intramolecular Hbond substituents is 2. The van der Waals surface area contributed by atoms with Crippen molar-refractivity contribution < 1.29 is 14.9 Å². The van der Waals surface area contributed by atoms with Crippen LogP contribution in [0.4, 0.5) is 5.13 Å². The van der Waals surface area contributed by atoms with Crippen molar-refractivity contribution >= 4 is 16.7 Å². The number of aromatic hydroxyl groups is 2. The molecule has 1 atom stereocenters. The van der Waals surface area contributed by atoms with Gasteiger partial charge in [0.15, 0.2) is 11.5 Å². The van der Waals surface area contributed by atoms with Crippen molar-refractivity contribution in [1.29, 1.82) is 0 Å². The molecule has 1 aromatic carbocycles. The van der Waals surface area contributed by atoms with E-state index in [1.54, 1.807) is 19.2 Å². The van der Waals surface area contributed by atoms with Crippen molar-refractivity contribution in [3.8, 4) is 11.5 Å². The monoisotopic (exact) mass is 309 g/mol. The van der Waals surface area contributed by atoms with Gasteiger partial charge in [-0.15, -0.1) is 0 Å². The molecule has 6 nitrogen and oxygen atoms in total. The van der Waals surface area contributed by atoms with Crippen LogP contribution in [-0.4, -0.2) is 39.3 Å². The molecule has 0 radical (unpaired) electrons.